The molecule has 2 aromatic rings. The van der Waals surface area contributed by atoms with Crippen molar-refractivity contribution in [3.63, 3.8) is 0 Å². The molecule has 1 aliphatic carbocycles. The Morgan fingerprint density at radius 3 is 2.32 bits per heavy atom. The number of carbonyl (C=O) groups excluding carboxylic acids is 2. The molecule has 0 aliphatic heterocycles. The third-order valence-corrected chi connectivity index (χ3v) is 6.12. The van der Waals surface area contributed by atoms with Gasteiger partial charge in [0, 0.05) is 18.0 Å². The highest BCUT2D eigenvalue weighted by Gasteiger charge is 2.34. The van der Waals surface area contributed by atoms with Crippen LogP contribution in [0.25, 0.3) is 0 Å². The standard InChI is InChI=1S/C26H36N2O3/c1-26(2,3)28(25(30)22-13-8-5-9-14-22)20-24(29)27(19-23-15-10-18-31-23)17-16-21-11-6-4-7-12-21/h4,6-7,10-12,15,18,22H,5,8-9,13-14,16-17,19-20H2,1-3H3. The second-order valence-corrected chi connectivity index (χ2v) is 9.56. The summed E-state index contributed by atoms with van der Waals surface area (Å²) in [5, 5.41) is 0. The molecule has 0 unspecified atom stereocenters. The van der Waals surface area contributed by atoms with Crippen LogP contribution in [0.2, 0.25) is 0 Å². The number of nitrogens with zero attached hydrogens (tertiary/aromatic N) is 2. The minimum atomic E-state index is -0.403. The number of hydrogen-bond donors (Lipinski definition) is 0. The molecular formula is C26H36N2O3. The maximum Gasteiger partial charge on any atom is 0.242 e. The van der Waals surface area contributed by atoms with Crippen molar-refractivity contribution in [1.82, 2.24) is 9.80 Å². The first-order valence-corrected chi connectivity index (χ1v) is 11.5. The van der Waals surface area contributed by atoms with E-state index in [1.807, 2.05) is 56.0 Å². The SMILES string of the molecule is CC(C)(C)N(CC(=O)N(CCc1ccccc1)Cc1ccco1)C(=O)C1CCCCC1. The van der Waals surface area contributed by atoms with E-state index < -0.39 is 5.54 Å². The van der Waals surface area contributed by atoms with Crippen molar-refractivity contribution >= 4 is 11.8 Å². The number of rotatable bonds is 8. The average Bonchev–Trinajstić information content (AvgIpc) is 3.28. The molecule has 1 aliphatic rings. The maximum absolute atomic E-state index is 13.4. The lowest BCUT2D eigenvalue weighted by Gasteiger charge is -2.39. The fourth-order valence-electron chi connectivity index (χ4n) is 4.24. The summed E-state index contributed by atoms with van der Waals surface area (Å²) in [6.45, 7) is 7.15. The van der Waals surface area contributed by atoms with Crippen LogP contribution in [0.15, 0.2) is 53.1 Å². The van der Waals surface area contributed by atoms with E-state index in [2.05, 4.69) is 12.1 Å². The minimum absolute atomic E-state index is 0.0357. The fourth-order valence-corrected chi connectivity index (χ4v) is 4.24. The van der Waals surface area contributed by atoms with E-state index in [0.29, 0.717) is 13.1 Å². The molecule has 1 aromatic heterocycles. The van der Waals surface area contributed by atoms with Crippen LogP contribution in [0, 0.1) is 5.92 Å². The lowest BCUT2D eigenvalue weighted by Crippen LogP contribution is -2.53. The van der Waals surface area contributed by atoms with Gasteiger partial charge in [-0.05, 0) is 57.7 Å². The van der Waals surface area contributed by atoms with Gasteiger partial charge in [-0.3, -0.25) is 9.59 Å². The molecule has 168 valence electrons. The van der Waals surface area contributed by atoms with Gasteiger partial charge in [-0.2, -0.15) is 0 Å². The van der Waals surface area contributed by atoms with Crippen molar-refractivity contribution in [2.45, 2.75) is 71.4 Å². The Kier molecular flexibility index (Phi) is 7.94. The maximum atomic E-state index is 13.4. The summed E-state index contributed by atoms with van der Waals surface area (Å²) in [5.74, 6) is 0.888. The van der Waals surface area contributed by atoms with Crippen LogP contribution in [0.4, 0.5) is 0 Å². The van der Waals surface area contributed by atoms with E-state index in [1.54, 1.807) is 11.2 Å². The molecule has 31 heavy (non-hydrogen) atoms. The molecule has 1 fully saturated rings. The molecule has 0 radical (unpaired) electrons. The van der Waals surface area contributed by atoms with Gasteiger partial charge in [-0.1, -0.05) is 49.6 Å². The van der Waals surface area contributed by atoms with Crippen molar-refractivity contribution in [3.05, 3.63) is 60.1 Å². The highest BCUT2D eigenvalue weighted by molar-refractivity contribution is 5.86. The highest BCUT2D eigenvalue weighted by Crippen LogP contribution is 2.28. The van der Waals surface area contributed by atoms with Crippen LogP contribution in [0.1, 0.15) is 64.2 Å². The Morgan fingerprint density at radius 1 is 1.00 bits per heavy atom. The Balaban J connectivity index is 1.72. The predicted molar refractivity (Wildman–Crippen MR) is 122 cm³/mol. The van der Waals surface area contributed by atoms with Gasteiger partial charge < -0.3 is 14.2 Å². The number of hydrogen-bond acceptors (Lipinski definition) is 3. The highest BCUT2D eigenvalue weighted by atomic mass is 16.3. The van der Waals surface area contributed by atoms with Gasteiger partial charge in [0.25, 0.3) is 0 Å². The van der Waals surface area contributed by atoms with Gasteiger partial charge in [0.2, 0.25) is 11.8 Å². The van der Waals surface area contributed by atoms with E-state index in [4.69, 9.17) is 4.42 Å². The van der Waals surface area contributed by atoms with Crippen molar-refractivity contribution in [1.29, 1.82) is 0 Å². The van der Waals surface area contributed by atoms with Crippen LogP contribution < -0.4 is 0 Å². The van der Waals surface area contributed by atoms with Gasteiger partial charge in [0.15, 0.2) is 0 Å². The van der Waals surface area contributed by atoms with Crippen LogP contribution >= 0.6 is 0 Å². The molecule has 1 aromatic carbocycles. The molecule has 3 rings (SSSR count). The van der Waals surface area contributed by atoms with Crippen molar-refractivity contribution in [3.8, 4) is 0 Å². The third kappa shape index (κ3) is 6.71. The smallest absolute Gasteiger partial charge is 0.242 e. The summed E-state index contributed by atoms with van der Waals surface area (Å²) < 4.78 is 5.51. The fraction of sp³-hybridized carbons (Fsp3) is 0.538. The molecule has 2 amide bonds. The largest absolute Gasteiger partial charge is 0.467 e. The first-order chi connectivity index (χ1) is 14.8. The quantitative estimate of drug-likeness (QED) is 0.595. The van der Waals surface area contributed by atoms with E-state index in [1.165, 1.54) is 12.0 Å². The second-order valence-electron chi connectivity index (χ2n) is 9.56. The van der Waals surface area contributed by atoms with E-state index >= 15 is 0 Å². The Morgan fingerprint density at radius 2 is 1.71 bits per heavy atom. The van der Waals surface area contributed by atoms with Crippen LogP contribution in [0.3, 0.4) is 0 Å². The molecule has 0 saturated heterocycles. The van der Waals surface area contributed by atoms with Gasteiger partial charge in [0.05, 0.1) is 12.8 Å². The van der Waals surface area contributed by atoms with E-state index in [9.17, 15) is 9.59 Å². The first-order valence-electron chi connectivity index (χ1n) is 11.5. The number of benzene rings is 1. The molecule has 0 spiro atoms. The lowest BCUT2D eigenvalue weighted by molar-refractivity contribution is -0.148. The molecule has 1 heterocycles. The second kappa shape index (κ2) is 10.7. The Bertz CT molecular complexity index is 818. The third-order valence-electron chi connectivity index (χ3n) is 6.12. The van der Waals surface area contributed by atoms with Crippen LogP contribution in [-0.2, 0) is 22.6 Å². The molecule has 0 atom stereocenters. The monoisotopic (exact) mass is 424 g/mol. The summed E-state index contributed by atoms with van der Waals surface area (Å²) in [6, 6.07) is 13.9. The number of furan rings is 1. The van der Waals surface area contributed by atoms with Crippen molar-refractivity contribution in [2.75, 3.05) is 13.1 Å². The Labute approximate surface area is 186 Å². The zero-order chi connectivity index (χ0) is 22.3. The van der Waals surface area contributed by atoms with Gasteiger partial charge in [-0.25, -0.2) is 0 Å². The number of amides is 2. The van der Waals surface area contributed by atoms with Gasteiger partial charge in [0.1, 0.15) is 12.3 Å². The summed E-state index contributed by atoms with van der Waals surface area (Å²) in [4.78, 5) is 30.4. The summed E-state index contributed by atoms with van der Waals surface area (Å²) in [5.41, 5.74) is 0.783. The predicted octanol–water partition coefficient (Wildman–Crippen LogP) is 5.06. The molecular weight excluding hydrogens is 388 g/mol. The van der Waals surface area contributed by atoms with Gasteiger partial charge in [-0.15, -0.1) is 0 Å². The molecule has 5 nitrogen and oxygen atoms in total. The minimum Gasteiger partial charge on any atom is -0.467 e. The van der Waals surface area contributed by atoms with E-state index in [0.717, 1.165) is 37.9 Å². The summed E-state index contributed by atoms with van der Waals surface area (Å²) in [7, 11) is 0. The number of carbonyl (C=O) groups is 2. The zero-order valence-electron chi connectivity index (χ0n) is 19.2. The Hall–Kier alpha value is -2.56. The van der Waals surface area contributed by atoms with E-state index in [-0.39, 0.29) is 24.3 Å². The van der Waals surface area contributed by atoms with Crippen LogP contribution in [0.5, 0.6) is 0 Å². The zero-order valence-corrected chi connectivity index (χ0v) is 19.2. The average molecular weight is 425 g/mol. The van der Waals surface area contributed by atoms with Gasteiger partial charge >= 0.3 is 0 Å². The van der Waals surface area contributed by atoms with Crippen LogP contribution in [-0.4, -0.2) is 40.2 Å². The molecule has 1 saturated carbocycles. The van der Waals surface area contributed by atoms with Crippen molar-refractivity contribution in [2.24, 2.45) is 5.92 Å². The molecule has 0 N–H and O–H groups in total. The first kappa shape index (κ1) is 23.1. The normalized spacial score (nSPS) is 14.9. The molecule has 0 bridgehead atoms. The topological polar surface area (TPSA) is 53.8 Å². The lowest BCUT2D eigenvalue weighted by atomic mass is 9.87. The van der Waals surface area contributed by atoms with Crippen molar-refractivity contribution < 1.29 is 14.0 Å². The summed E-state index contributed by atoms with van der Waals surface area (Å²) in [6.07, 6.45) is 7.67. The molecule has 5 heteroatoms. The summed E-state index contributed by atoms with van der Waals surface area (Å²) >= 11 is 0.